The molecule has 96 valence electrons. The third-order valence-corrected chi connectivity index (χ3v) is 3.43. The summed E-state index contributed by atoms with van der Waals surface area (Å²) in [7, 11) is 0. The number of ether oxygens (including phenoxy) is 2. The summed E-state index contributed by atoms with van der Waals surface area (Å²) in [5.74, 6) is 1.28. The van der Waals surface area contributed by atoms with Gasteiger partial charge in [-0.1, -0.05) is 35.3 Å². The van der Waals surface area contributed by atoms with Gasteiger partial charge in [-0.15, -0.1) is 0 Å². The second-order valence-electron chi connectivity index (χ2n) is 3.76. The molecule has 1 aliphatic rings. The molecule has 5 nitrogen and oxygen atoms in total. The largest absolute Gasteiger partial charge is 0.449 e. The fourth-order valence-electron chi connectivity index (χ4n) is 1.72. The van der Waals surface area contributed by atoms with Crippen LogP contribution in [0.15, 0.2) is 30.3 Å². The van der Waals surface area contributed by atoms with Gasteiger partial charge in [-0.2, -0.15) is 0 Å². The van der Waals surface area contributed by atoms with Crippen LogP contribution in [-0.2, 0) is 0 Å². The number of fused-ring (bicyclic) bond motifs is 2. The molecule has 7 heteroatoms. The quantitative estimate of drug-likeness (QED) is 0.478. The van der Waals surface area contributed by atoms with Crippen LogP contribution in [0.25, 0.3) is 0 Å². The summed E-state index contributed by atoms with van der Waals surface area (Å²) in [6.07, 6.45) is 0. The van der Waals surface area contributed by atoms with E-state index in [-0.39, 0.29) is 27.2 Å². The summed E-state index contributed by atoms with van der Waals surface area (Å²) in [5.41, 5.74) is -0.326. The molecule has 0 saturated carbocycles. The smallest absolute Gasteiger partial charge is 0.293 e. The second-order valence-corrected chi connectivity index (χ2v) is 4.51. The van der Waals surface area contributed by atoms with Crippen LogP contribution in [0.5, 0.6) is 23.0 Å². The number of nitro groups is 1. The highest BCUT2D eigenvalue weighted by atomic mass is 35.5. The van der Waals surface area contributed by atoms with Crippen LogP contribution < -0.4 is 9.47 Å². The van der Waals surface area contributed by atoms with Crippen LogP contribution >= 0.6 is 23.2 Å². The predicted octanol–water partition coefficient (Wildman–Crippen LogP) is 4.80. The summed E-state index contributed by atoms with van der Waals surface area (Å²) in [6.45, 7) is 0. The maximum Gasteiger partial charge on any atom is 0.293 e. The molecule has 0 radical (unpaired) electrons. The zero-order valence-electron chi connectivity index (χ0n) is 9.22. The lowest BCUT2D eigenvalue weighted by molar-refractivity contribution is -0.384. The first-order valence-electron chi connectivity index (χ1n) is 5.19. The molecule has 0 saturated heterocycles. The molecule has 1 heterocycles. The number of benzene rings is 2. The average Bonchev–Trinajstić information content (AvgIpc) is 2.41. The van der Waals surface area contributed by atoms with E-state index in [9.17, 15) is 10.1 Å². The molecule has 3 rings (SSSR count). The van der Waals surface area contributed by atoms with Crippen LogP contribution in [0.2, 0.25) is 10.0 Å². The molecule has 0 unspecified atom stereocenters. The molecule has 0 aliphatic carbocycles. The lowest BCUT2D eigenvalue weighted by atomic mass is 10.2. The number of hydrogen-bond acceptors (Lipinski definition) is 4. The average molecular weight is 298 g/mol. The van der Waals surface area contributed by atoms with Crippen molar-refractivity contribution in [3.05, 3.63) is 50.5 Å². The summed E-state index contributed by atoms with van der Waals surface area (Å²) in [5, 5.41) is 10.7. The summed E-state index contributed by atoms with van der Waals surface area (Å²) >= 11 is 11.8. The normalized spacial score (nSPS) is 11.9. The Hall–Kier alpha value is -1.98. The monoisotopic (exact) mass is 297 g/mol. The van der Waals surface area contributed by atoms with Gasteiger partial charge in [-0.25, -0.2) is 0 Å². The number of hydrogen-bond donors (Lipinski definition) is 0. The molecule has 0 bridgehead atoms. The summed E-state index contributed by atoms with van der Waals surface area (Å²) in [6, 6.07) is 8.11. The van der Waals surface area contributed by atoms with E-state index in [1.165, 1.54) is 6.07 Å². The first kappa shape index (κ1) is 12.1. The Morgan fingerprint density at radius 3 is 2.26 bits per heavy atom. The highest BCUT2D eigenvalue weighted by molar-refractivity contribution is 6.44. The van der Waals surface area contributed by atoms with Gasteiger partial charge in [0.1, 0.15) is 10.0 Å². The maximum atomic E-state index is 10.9. The first-order valence-corrected chi connectivity index (χ1v) is 5.94. The fourth-order valence-corrected chi connectivity index (χ4v) is 2.16. The summed E-state index contributed by atoms with van der Waals surface area (Å²) in [4.78, 5) is 10.2. The second kappa shape index (κ2) is 4.29. The number of para-hydroxylation sites is 2. The third-order valence-electron chi connectivity index (χ3n) is 2.59. The molecule has 2 aromatic carbocycles. The van der Waals surface area contributed by atoms with Crippen LogP contribution in [0.3, 0.4) is 0 Å². The van der Waals surface area contributed by atoms with Gasteiger partial charge in [0.05, 0.1) is 11.0 Å². The maximum absolute atomic E-state index is 10.9. The number of rotatable bonds is 1. The Balaban J connectivity index is 2.18. The Bertz CT molecular complexity index is 702. The van der Waals surface area contributed by atoms with E-state index in [0.29, 0.717) is 11.5 Å². The molecule has 0 spiro atoms. The molecule has 1 aliphatic heterocycles. The van der Waals surface area contributed by atoms with E-state index >= 15 is 0 Å². The van der Waals surface area contributed by atoms with Crippen LogP contribution in [0.1, 0.15) is 0 Å². The molecule has 0 fully saturated rings. The van der Waals surface area contributed by atoms with E-state index in [1.807, 2.05) is 0 Å². The minimum atomic E-state index is -0.627. The number of nitro benzene ring substituents is 1. The van der Waals surface area contributed by atoms with Crippen molar-refractivity contribution in [2.24, 2.45) is 0 Å². The minimum absolute atomic E-state index is 0.0413. The topological polar surface area (TPSA) is 61.6 Å². The van der Waals surface area contributed by atoms with Gasteiger partial charge in [0.2, 0.25) is 0 Å². The van der Waals surface area contributed by atoms with Crippen molar-refractivity contribution in [1.82, 2.24) is 0 Å². The molecular weight excluding hydrogens is 293 g/mol. The van der Waals surface area contributed by atoms with Crippen molar-refractivity contribution >= 4 is 28.9 Å². The van der Waals surface area contributed by atoms with Crippen molar-refractivity contribution in [1.29, 1.82) is 0 Å². The lowest BCUT2D eigenvalue weighted by Crippen LogP contribution is -2.01. The molecule has 2 aromatic rings. The van der Waals surface area contributed by atoms with Gasteiger partial charge in [0.25, 0.3) is 5.69 Å². The van der Waals surface area contributed by atoms with E-state index in [1.54, 1.807) is 24.3 Å². The van der Waals surface area contributed by atoms with E-state index in [4.69, 9.17) is 32.7 Å². The van der Waals surface area contributed by atoms with Crippen LogP contribution in [-0.4, -0.2) is 4.92 Å². The van der Waals surface area contributed by atoms with Crippen molar-refractivity contribution in [2.45, 2.75) is 0 Å². The van der Waals surface area contributed by atoms with Gasteiger partial charge in [0.15, 0.2) is 23.0 Å². The Labute approximate surface area is 117 Å². The predicted molar refractivity (Wildman–Crippen MR) is 69.7 cm³/mol. The SMILES string of the molecule is O=[N+]([O-])c1cc2c(c(Cl)c1Cl)Oc1ccccc1O2. The van der Waals surface area contributed by atoms with E-state index in [2.05, 4.69) is 0 Å². The van der Waals surface area contributed by atoms with Crippen molar-refractivity contribution in [3.8, 4) is 23.0 Å². The standard InChI is InChI=1S/C12H5Cl2NO4/c13-10-6(15(16)17)5-9-12(11(10)14)19-8-4-2-1-3-7(8)18-9/h1-5H. The van der Waals surface area contributed by atoms with Gasteiger partial charge >= 0.3 is 0 Å². The Morgan fingerprint density at radius 2 is 1.63 bits per heavy atom. The number of nitrogens with zero attached hydrogens (tertiary/aromatic N) is 1. The van der Waals surface area contributed by atoms with Gasteiger partial charge in [0, 0.05) is 0 Å². The van der Waals surface area contributed by atoms with Gasteiger partial charge in [-0.3, -0.25) is 10.1 Å². The zero-order chi connectivity index (χ0) is 13.6. The molecule has 19 heavy (non-hydrogen) atoms. The number of halogens is 2. The highest BCUT2D eigenvalue weighted by Gasteiger charge is 2.28. The Morgan fingerprint density at radius 1 is 1.00 bits per heavy atom. The van der Waals surface area contributed by atoms with Gasteiger partial charge in [-0.05, 0) is 12.1 Å². The fraction of sp³-hybridized carbons (Fsp3) is 0. The van der Waals surface area contributed by atoms with Gasteiger partial charge < -0.3 is 9.47 Å². The van der Waals surface area contributed by atoms with Crippen molar-refractivity contribution in [2.75, 3.05) is 0 Å². The van der Waals surface area contributed by atoms with Crippen LogP contribution in [0, 0.1) is 10.1 Å². The highest BCUT2D eigenvalue weighted by Crippen LogP contribution is 2.52. The molecule has 0 atom stereocenters. The molecular formula is C12H5Cl2NO4. The minimum Gasteiger partial charge on any atom is -0.449 e. The molecule has 0 aromatic heterocycles. The molecule has 0 N–H and O–H groups in total. The van der Waals surface area contributed by atoms with Crippen molar-refractivity contribution < 1.29 is 14.4 Å². The molecule has 0 amide bonds. The first-order chi connectivity index (χ1) is 9.08. The van der Waals surface area contributed by atoms with Crippen LogP contribution in [0.4, 0.5) is 5.69 Å². The van der Waals surface area contributed by atoms with E-state index < -0.39 is 4.92 Å². The zero-order valence-corrected chi connectivity index (χ0v) is 10.7. The Kier molecular flexibility index (Phi) is 2.73. The lowest BCUT2D eigenvalue weighted by Gasteiger charge is -2.21. The van der Waals surface area contributed by atoms with Crippen molar-refractivity contribution in [3.63, 3.8) is 0 Å². The van der Waals surface area contributed by atoms with E-state index in [0.717, 1.165) is 0 Å². The summed E-state index contributed by atoms with van der Waals surface area (Å²) < 4.78 is 11.1. The third kappa shape index (κ3) is 1.87.